The number of anilines is 1. The summed E-state index contributed by atoms with van der Waals surface area (Å²) in [4.78, 5) is 13.8. The summed E-state index contributed by atoms with van der Waals surface area (Å²) in [6.45, 7) is 6.78. The van der Waals surface area contributed by atoms with Crippen molar-refractivity contribution < 1.29 is 4.79 Å². The third kappa shape index (κ3) is 3.76. The minimum atomic E-state index is -0.286. The van der Waals surface area contributed by atoms with Crippen LogP contribution in [0.1, 0.15) is 53.6 Å². The van der Waals surface area contributed by atoms with Crippen LogP contribution in [0.5, 0.6) is 0 Å². The SMILES string of the molecule is CC(C)(C)C1CCc2c(sc(NC(=O)c3ccc(Cl)c(Cl)c3)c2C#N)C1. The molecule has 1 aromatic carbocycles. The number of nitrogens with one attached hydrogen (secondary N) is 1. The van der Waals surface area contributed by atoms with Gasteiger partial charge in [0.1, 0.15) is 11.1 Å². The van der Waals surface area contributed by atoms with E-state index in [0.717, 1.165) is 24.8 Å². The summed E-state index contributed by atoms with van der Waals surface area (Å²) < 4.78 is 0. The van der Waals surface area contributed by atoms with E-state index in [9.17, 15) is 10.1 Å². The van der Waals surface area contributed by atoms with Gasteiger partial charge in [0.2, 0.25) is 0 Å². The molecule has 1 N–H and O–H groups in total. The second kappa shape index (κ2) is 7.23. The first-order chi connectivity index (χ1) is 12.2. The van der Waals surface area contributed by atoms with Gasteiger partial charge in [0.15, 0.2) is 0 Å². The van der Waals surface area contributed by atoms with Gasteiger partial charge >= 0.3 is 0 Å². The van der Waals surface area contributed by atoms with E-state index in [1.165, 1.54) is 22.3 Å². The van der Waals surface area contributed by atoms with E-state index in [-0.39, 0.29) is 11.3 Å². The van der Waals surface area contributed by atoms with E-state index in [1.54, 1.807) is 12.1 Å². The van der Waals surface area contributed by atoms with E-state index in [2.05, 4.69) is 32.2 Å². The maximum Gasteiger partial charge on any atom is 0.256 e. The molecule has 0 spiro atoms. The van der Waals surface area contributed by atoms with E-state index >= 15 is 0 Å². The van der Waals surface area contributed by atoms with E-state index in [4.69, 9.17) is 23.2 Å². The third-order valence-electron chi connectivity index (χ3n) is 5.01. The molecule has 0 bridgehead atoms. The molecule has 3 nitrogen and oxygen atoms in total. The van der Waals surface area contributed by atoms with Crippen molar-refractivity contribution in [1.29, 1.82) is 5.26 Å². The van der Waals surface area contributed by atoms with Gasteiger partial charge in [-0.05, 0) is 54.4 Å². The Labute approximate surface area is 167 Å². The Morgan fingerprint density at radius 1 is 1.31 bits per heavy atom. The molecule has 1 amide bonds. The summed E-state index contributed by atoms with van der Waals surface area (Å²) in [6, 6.07) is 7.04. The zero-order valence-electron chi connectivity index (χ0n) is 15.0. The molecule has 0 fully saturated rings. The summed E-state index contributed by atoms with van der Waals surface area (Å²) >= 11 is 13.4. The highest BCUT2D eigenvalue weighted by molar-refractivity contribution is 7.16. The highest BCUT2D eigenvalue weighted by atomic mass is 35.5. The van der Waals surface area contributed by atoms with Gasteiger partial charge in [-0.15, -0.1) is 11.3 Å². The van der Waals surface area contributed by atoms with Crippen LogP contribution in [0, 0.1) is 22.7 Å². The minimum Gasteiger partial charge on any atom is -0.312 e. The van der Waals surface area contributed by atoms with E-state index in [0.29, 0.717) is 32.1 Å². The van der Waals surface area contributed by atoms with Crippen molar-refractivity contribution in [2.24, 2.45) is 11.3 Å². The Hall–Kier alpha value is -1.54. The van der Waals surface area contributed by atoms with Gasteiger partial charge in [0.25, 0.3) is 5.91 Å². The van der Waals surface area contributed by atoms with Gasteiger partial charge < -0.3 is 5.32 Å². The summed E-state index contributed by atoms with van der Waals surface area (Å²) in [5.41, 5.74) is 2.35. The average Bonchev–Trinajstić information content (AvgIpc) is 2.92. The van der Waals surface area contributed by atoms with Crippen molar-refractivity contribution in [2.75, 3.05) is 5.32 Å². The maximum atomic E-state index is 12.6. The molecule has 2 aromatic rings. The van der Waals surface area contributed by atoms with Gasteiger partial charge in [-0.25, -0.2) is 0 Å². The Balaban J connectivity index is 1.87. The highest BCUT2D eigenvalue weighted by Crippen LogP contribution is 2.44. The topological polar surface area (TPSA) is 52.9 Å². The molecular formula is C20H20Cl2N2OS. The summed E-state index contributed by atoms with van der Waals surface area (Å²) in [7, 11) is 0. The van der Waals surface area contributed by atoms with Crippen LogP contribution in [0.2, 0.25) is 10.0 Å². The number of nitriles is 1. The van der Waals surface area contributed by atoms with Crippen LogP contribution < -0.4 is 5.32 Å². The standard InChI is InChI=1S/C20H20Cl2N2OS/c1-20(2,3)12-5-6-13-14(10-23)19(26-17(13)9-12)24-18(25)11-4-7-15(21)16(22)8-11/h4,7-8,12H,5-6,9H2,1-3H3,(H,24,25). The van der Waals surface area contributed by atoms with E-state index in [1.807, 2.05) is 0 Å². The Bertz CT molecular complexity index is 906. The molecule has 1 unspecified atom stereocenters. The van der Waals surface area contributed by atoms with Crippen molar-refractivity contribution in [2.45, 2.75) is 40.0 Å². The van der Waals surface area contributed by atoms with Crippen LogP contribution in [0.25, 0.3) is 0 Å². The summed E-state index contributed by atoms with van der Waals surface area (Å²) in [5, 5.41) is 13.9. The molecule has 26 heavy (non-hydrogen) atoms. The fourth-order valence-corrected chi connectivity index (χ4v) is 4.92. The number of thiophene rings is 1. The van der Waals surface area contributed by atoms with Crippen LogP contribution in [0.3, 0.4) is 0 Å². The number of carbonyl (C=O) groups is 1. The second-order valence-corrected chi connectivity index (χ2v) is 9.63. The molecule has 1 heterocycles. The Kier molecular flexibility index (Phi) is 5.35. The van der Waals surface area contributed by atoms with Gasteiger partial charge in [0.05, 0.1) is 15.6 Å². The normalized spacial score (nSPS) is 16.7. The van der Waals surface area contributed by atoms with Crippen molar-refractivity contribution in [3.8, 4) is 6.07 Å². The first-order valence-electron chi connectivity index (χ1n) is 8.51. The molecule has 1 aliphatic rings. The largest absolute Gasteiger partial charge is 0.312 e. The molecular weight excluding hydrogens is 387 g/mol. The second-order valence-electron chi connectivity index (χ2n) is 7.71. The summed E-state index contributed by atoms with van der Waals surface area (Å²) in [6.07, 6.45) is 2.92. The number of amides is 1. The molecule has 1 aliphatic carbocycles. The number of hydrogen-bond acceptors (Lipinski definition) is 3. The fourth-order valence-electron chi connectivity index (χ4n) is 3.34. The van der Waals surface area contributed by atoms with Crippen molar-refractivity contribution >= 4 is 45.4 Å². The minimum absolute atomic E-state index is 0.234. The van der Waals surface area contributed by atoms with Crippen LogP contribution in [0.15, 0.2) is 18.2 Å². The number of rotatable bonds is 2. The van der Waals surface area contributed by atoms with Crippen molar-refractivity contribution in [1.82, 2.24) is 0 Å². The van der Waals surface area contributed by atoms with Gasteiger partial charge in [0, 0.05) is 10.4 Å². The Morgan fingerprint density at radius 3 is 2.65 bits per heavy atom. The number of hydrogen-bond donors (Lipinski definition) is 1. The van der Waals surface area contributed by atoms with Gasteiger partial charge in [-0.3, -0.25) is 4.79 Å². The van der Waals surface area contributed by atoms with Crippen LogP contribution in [-0.2, 0) is 12.8 Å². The molecule has 1 atom stereocenters. The molecule has 3 rings (SSSR count). The predicted molar refractivity (Wildman–Crippen MR) is 108 cm³/mol. The molecule has 0 radical (unpaired) electrons. The zero-order valence-corrected chi connectivity index (χ0v) is 17.3. The van der Waals surface area contributed by atoms with Gasteiger partial charge in [-0.2, -0.15) is 5.26 Å². The maximum absolute atomic E-state index is 12.6. The van der Waals surface area contributed by atoms with Gasteiger partial charge in [-0.1, -0.05) is 44.0 Å². The van der Waals surface area contributed by atoms with Crippen molar-refractivity contribution in [3.63, 3.8) is 0 Å². The average molecular weight is 407 g/mol. The number of carbonyl (C=O) groups excluding carboxylic acids is 1. The Morgan fingerprint density at radius 2 is 2.04 bits per heavy atom. The number of benzene rings is 1. The lowest BCUT2D eigenvalue weighted by atomic mass is 9.72. The smallest absolute Gasteiger partial charge is 0.256 e. The monoisotopic (exact) mass is 406 g/mol. The number of nitrogens with zero attached hydrogens (tertiary/aromatic N) is 1. The summed E-state index contributed by atoms with van der Waals surface area (Å²) in [5.74, 6) is 0.296. The first-order valence-corrected chi connectivity index (χ1v) is 10.1. The number of fused-ring (bicyclic) bond motifs is 1. The lowest BCUT2D eigenvalue weighted by molar-refractivity contribution is 0.102. The molecule has 0 saturated carbocycles. The first kappa shape index (κ1) is 19.2. The van der Waals surface area contributed by atoms with Crippen LogP contribution in [0.4, 0.5) is 5.00 Å². The van der Waals surface area contributed by atoms with Crippen LogP contribution >= 0.6 is 34.5 Å². The lowest BCUT2D eigenvalue weighted by Crippen LogP contribution is -2.26. The predicted octanol–water partition coefficient (Wildman–Crippen LogP) is 6.33. The molecule has 1 aromatic heterocycles. The highest BCUT2D eigenvalue weighted by Gasteiger charge is 2.32. The molecule has 136 valence electrons. The molecule has 0 saturated heterocycles. The quantitative estimate of drug-likeness (QED) is 0.632. The van der Waals surface area contributed by atoms with E-state index < -0.39 is 0 Å². The van der Waals surface area contributed by atoms with Crippen molar-refractivity contribution in [3.05, 3.63) is 49.8 Å². The lowest BCUT2D eigenvalue weighted by Gasteiger charge is -2.33. The molecule has 0 aliphatic heterocycles. The molecule has 6 heteroatoms. The number of halogens is 2. The third-order valence-corrected chi connectivity index (χ3v) is 6.92. The zero-order chi connectivity index (χ0) is 19.1. The fraction of sp³-hybridized carbons (Fsp3) is 0.400. The van der Waals surface area contributed by atoms with Crippen LogP contribution in [-0.4, -0.2) is 5.91 Å².